The minimum Gasteiger partial charge on any atom is -0.370 e. The molecule has 2 aromatic rings. The summed E-state index contributed by atoms with van der Waals surface area (Å²) in [4.78, 5) is 0.345. The van der Waals surface area contributed by atoms with E-state index in [4.69, 9.17) is 4.74 Å². The highest BCUT2D eigenvalue weighted by Crippen LogP contribution is 2.29. The monoisotopic (exact) mass is 331 g/mol. The normalized spacial score (nSPS) is 22.9. The minimum atomic E-state index is -3.52. The number of morpholine rings is 1. The van der Waals surface area contributed by atoms with Gasteiger partial charge < -0.3 is 4.74 Å². The molecule has 0 spiro atoms. The topological polar surface area (TPSA) is 46.6 Å². The van der Waals surface area contributed by atoms with Gasteiger partial charge in [0.25, 0.3) is 0 Å². The third kappa shape index (κ3) is 3.32. The molecule has 3 rings (SSSR count). The SMILES string of the molecule is Cc1cccc(S(=O)(=O)N2CC(c3ccccc3)OCC2C)c1. The van der Waals surface area contributed by atoms with Crippen LogP contribution in [0.15, 0.2) is 59.5 Å². The number of hydrogen-bond acceptors (Lipinski definition) is 3. The third-order valence-electron chi connectivity index (χ3n) is 4.14. The molecule has 0 N–H and O–H groups in total. The van der Waals surface area contributed by atoms with Crippen molar-refractivity contribution in [1.29, 1.82) is 0 Å². The quantitative estimate of drug-likeness (QED) is 0.868. The first-order chi connectivity index (χ1) is 11.0. The average molecular weight is 331 g/mol. The molecule has 1 aliphatic heterocycles. The zero-order valence-electron chi connectivity index (χ0n) is 13.3. The summed E-state index contributed by atoms with van der Waals surface area (Å²) in [5.41, 5.74) is 1.94. The lowest BCUT2D eigenvalue weighted by molar-refractivity contribution is -0.0288. The smallest absolute Gasteiger partial charge is 0.243 e. The van der Waals surface area contributed by atoms with E-state index in [-0.39, 0.29) is 12.1 Å². The molecule has 2 unspecified atom stereocenters. The van der Waals surface area contributed by atoms with Gasteiger partial charge in [-0.3, -0.25) is 0 Å². The summed E-state index contributed by atoms with van der Waals surface area (Å²) in [7, 11) is -3.52. The fourth-order valence-electron chi connectivity index (χ4n) is 2.85. The van der Waals surface area contributed by atoms with Gasteiger partial charge in [0.15, 0.2) is 0 Å². The maximum Gasteiger partial charge on any atom is 0.243 e. The summed E-state index contributed by atoms with van der Waals surface area (Å²) >= 11 is 0. The Morgan fingerprint density at radius 2 is 1.83 bits per heavy atom. The predicted molar refractivity (Wildman–Crippen MR) is 89.7 cm³/mol. The van der Waals surface area contributed by atoms with E-state index in [1.54, 1.807) is 22.5 Å². The van der Waals surface area contributed by atoms with Gasteiger partial charge in [0.1, 0.15) is 0 Å². The van der Waals surface area contributed by atoms with Crippen LogP contribution in [0.1, 0.15) is 24.2 Å². The lowest BCUT2D eigenvalue weighted by atomic mass is 10.1. The van der Waals surface area contributed by atoms with E-state index in [1.165, 1.54) is 0 Å². The number of rotatable bonds is 3. The van der Waals surface area contributed by atoms with Crippen molar-refractivity contribution in [3.63, 3.8) is 0 Å². The van der Waals surface area contributed by atoms with Gasteiger partial charge in [-0.2, -0.15) is 4.31 Å². The second-order valence-corrected chi connectivity index (χ2v) is 7.86. The molecule has 4 nitrogen and oxygen atoms in total. The van der Waals surface area contributed by atoms with Crippen LogP contribution in [0.3, 0.4) is 0 Å². The summed E-state index contributed by atoms with van der Waals surface area (Å²) in [6.07, 6.45) is -0.230. The lowest BCUT2D eigenvalue weighted by Gasteiger charge is -2.37. The minimum absolute atomic E-state index is 0.180. The summed E-state index contributed by atoms with van der Waals surface area (Å²) in [5.74, 6) is 0. The molecule has 1 saturated heterocycles. The number of sulfonamides is 1. The van der Waals surface area contributed by atoms with Gasteiger partial charge in [0.2, 0.25) is 10.0 Å². The molecule has 0 radical (unpaired) electrons. The van der Waals surface area contributed by atoms with Crippen molar-refractivity contribution in [2.24, 2.45) is 0 Å². The number of hydrogen-bond donors (Lipinski definition) is 0. The van der Waals surface area contributed by atoms with Gasteiger partial charge in [-0.1, -0.05) is 42.5 Å². The molecule has 2 atom stereocenters. The molecule has 0 saturated carbocycles. The van der Waals surface area contributed by atoms with Crippen molar-refractivity contribution >= 4 is 10.0 Å². The second kappa shape index (κ2) is 6.43. The highest BCUT2D eigenvalue weighted by atomic mass is 32.2. The molecule has 23 heavy (non-hydrogen) atoms. The fourth-order valence-corrected chi connectivity index (χ4v) is 4.57. The molecule has 0 aliphatic carbocycles. The van der Waals surface area contributed by atoms with E-state index < -0.39 is 10.0 Å². The first kappa shape index (κ1) is 16.2. The Kier molecular flexibility index (Phi) is 4.53. The predicted octanol–water partition coefficient (Wildman–Crippen LogP) is 3.15. The molecule has 0 amide bonds. The van der Waals surface area contributed by atoms with Gasteiger partial charge in [0.05, 0.1) is 17.6 Å². The molecule has 0 aromatic heterocycles. The molecule has 2 aromatic carbocycles. The first-order valence-electron chi connectivity index (χ1n) is 7.73. The highest BCUT2D eigenvalue weighted by Gasteiger charge is 2.36. The van der Waals surface area contributed by atoms with Crippen LogP contribution in [-0.2, 0) is 14.8 Å². The van der Waals surface area contributed by atoms with Crippen molar-refractivity contribution in [3.8, 4) is 0 Å². The van der Waals surface area contributed by atoms with Crippen LogP contribution in [0.2, 0.25) is 0 Å². The number of ether oxygens (including phenoxy) is 1. The molecular formula is C18H21NO3S. The van der Waals surface area contributed by atoms with E-state index in [0.29, 0.717) is 18.0 Å². The summed E-state index contributed by atoms with van der Waals surface area (Å²) < 4.78 is 33.4. The Morgan fingerprint density at radius 1 is 1.09 bits per heavy atom. The van der Waals surface area contributed by atoms with E-state index in [9.17, 15) is 8.42 Å². The van der Waals surface area contributed by atoms with Crippen LogP contribution in [0, 0.1) is 6.92 Å². The lowest BCUT2D eigenvalue weighted by Crippen LogP contribution is -2.48. The Hall–Kier alpha value is -1.69. The van der Waals surface area contributed by atoms with Gasteiger partial charge >= 0.3 is 0 Å². The van der Waals surface area contributed by atoms with Crippen LogP contribution >= 0.6 is 0 Å². The molecule has 122 valence electrons. The van der Waals surface area contributed by atoms with Gasteiger partial charge in [-0.25, -0.2) is 8.42 Å². The van der Waals surface area contributed by atoms with Gasteiger partial charge in [-0.05, 0) is 37.1 Å². The van der Waals surface area contributed by atoms with Gasteiger partial charge in [0, 0.05) is 12.6 Å². The molecule has 1 fully saturated rings. The maximum absolute atomic E-state index is 13.0. The summed E-state index contributed by atoms with van der Waals surface area (Å²) in [5, 5.41) is 0. The number of benzene rings is 2. The molecule has 0 bridgehead atoms. The molecular weight excluding hydrogens is 310 g/mol. The van der Waals surface area contributed by atoms with Crippen LogP contribution in [0.5, 0.6) is 0 Å². The van der Waals surface area contributed by atoms with Crippen LogP contribution in [-0.4, -0.2) is 31.9 Å². The Labute approximate surface area is 137 Å². The fraction of sp³-hybridized carbons (Fsp3) is 0.333. The third-order valence-corrected chi connectivity index (χ3v) is 6.12. The number of nitrogens with zero attached hydrogens (tertiary/aromatic N) is 1. The zero-order valence-corrected chi connectivity index (χ0v) is 14.2. The van der Waals surface area contributed by atoms with Crippen LogP contribution in [0.4, 0.5) is 0 Å². The maximum atomic E-state index is 13.0. The Balaban J connectivity index is 1.91. The summed E-state index contributed by atoms with van der Waals surface area (Å²) in [6.45, 7) is 4.51. The molecule has 1 aliphatic rings. The molecule has 1 heterocycles. The van der Waals surface area contributed by atoms with E-state index in [0.717, 1.165) is 11.1 Å². The zero-order chi connectivity index (χ0) is 16.4. The van der Waals surface area contributed by atoms with E-state index >= 15 is 0 Å². The van der Waals surface area contributed by atoms with Crippen molar-refractivity contribution in [2.75, 3.05) is 13.2 Å². The largest absolute Gasteiger partial charge is 0.370 e. The van der Waals surface area contributed by atoms with Crippen LogP contribution in [0.25, 0.3) is 0 Å². The number of aryl methyl sites for hydroxylation is 1. The van der Waals surface area contributed by atoms with E-state index in [2.05, 4.69) is 0 Å². The van der Waals surface area contributed by atoms with Crippen LogP contribution < -0.4 is 0 Å². The first-order valence-corrected chi connectivity index (χ1v) is 9.17. The molecule has 5 heteroatoms. The Morgan fingerprint density at radius 3 is 2.52 bits per heavy atom. The van der Waals surface area contributed by atoms with E-state index in [1.807, 2.05) is 50.2 Å². The highest BCUT2D eigenvalue weighted by molar-refractivity contribution is 7.89. The van der Waals surface area contributed by atoms with Crippen molar-refractivity contribution in [2.45, 2.75) is 30.9 Å². The standard InChI is InChI=1S/C18H21NO3S/c1-14-7-6-10-17(11-14)23(20,21)19-12-18(22-13-15(19)2)16-8-4-3-5-9-16/h3-11,15,18H,12-13H2,1-2H3. The summed E-state index contributed by atoms with van der Waals surface area (Å²) in [6, 6.07) is 16.6. The van der Waals surface area contributed by atoms with Crippen molar-refractivity contribution in [3.05, 3.63) is 65.7 Å². The Bertz CT molecular complexity index is 774. The van der Waals surface area contributed by atoms with Crippen molar-refractivity contribution < 1.29 is 13.2 Å². The second-order valence-electron chi connectivity index (χ2n) is 5.97. The van der Waals surface area contributed by atoms with Crippen molar-refractivity contribution in [1.82, 2.24) is 4.31 Å². The average Bonchev–Trinajstić information content (AvgIpc) is 2.56. The van der Waals surface area contributed by atoms with Gasteiger partial charge in [-0.15, -0.1) is 0 Å².